The third kappa shape index (κ3) is 4.35. The first-order valence-electron chi connectivity index (χ1n) is 11.9. The Morgan fingerprint density at radius 2 is 1.97 bits per heavy atom. The van der Waals surface area contributed by atoms with E-state index in [0.29, 0.717) is 23.6 Å². The Morgan fingerprint density at radius 1 is 1.14 bits per heavy atom. The van der Waals surface area contributed by atoms with Gasteiger partial charge in [-0.1, -0.05) is 12.1 Å². The van der Waals surface area contributed by atoms with Gasteiger partial charge >= 0.3 is 0 Å². The summed E-state index contributed by atoms with van der Waals surface area (Å²) >= 11 is 0. The molecule has 3 heterocycles. The summed E-state index contributed by atoms with van der Waals surface area (Å²) in [7, 11) is 0. The van der Waals surface area contributed by atoms with Crippen LogP contribution >= 0.6 is 0 Å². The molecule has 0 saturated heterocycles. The molecule has 1 aliphatic rings. The van der Waals surface area contributed by atoms with Gasteiger partial charge in [-0.3, -0.25) is 10.2 Å². The summed E-state index contributed by atoms with van der Waals surface area (Å²) in [6.07, 6.45) is 9.51. The molecule has 0 atom stereocenters. The maximum atomic E-state index is 12.1. The molecule has 2 aromatic heterocycles. The number of amidine groups is 1. The molecule has 9 nitrogen and oxygen atoms in total. The molecule has 0 bridgehead atoms. The molecule has 5 rings (SSSR count). The van der Waals surface area contributed by atoms with Crippen molar-refractivity contribution in [2.45, 2.75) is 45.6 Å². The molecular formula is C27H28N8O. The molecule has 0 aliphatic carbocycles. The van der Waals surface area contributed by atoms with E-state index in [9.17, 15) is 4.79 Å². The maximum absolute atomic E-state index is 12.1. The lowest BCUT2D eigenvalue weighted by Crippen LogP contribution is -2.23. The van der Waals surface area contributed by atoms with Gasteiger partial charge in [-0.15, -0.1) is 0 Å². The van der Waals surface area contributed by atoms with Gasteiger partial charge in [0.2, 0.25) is 5.91 Å². The van der Waals surface area contributed by atoms with Crippen molar-refractivity contribution in [3.8, 4) is 17.1 Å². The van der Waals surface area contributed by atoms with Gasteiger partial charge in [-0.2, -0.15) is 5.10 Å². The number of imidazole rings is 1. The van der Waals surface area contributed by atoms with Crippen LogP contribution in [0.15, 0.2) is 60.1 Å². The number of carbonyl (C=O) groups excluding carboxylic acids is 1. The number of carbonyl (C=O) groups is 1. The van der Waals surface area contributed by atoms with E-state index in [4.69, 9.17) is 16.1 Å². The van der Waals surface area contributed by atoms with E-state index < -0.39 is 5.91 Å². The van der Waals surface area contributed by atoms with Crippen molar-refractivity contribution in [2.75, 3.05) is 0 Å². The lowest BCUT2D eigenvalue weighted by atomic mass is 10.0. The Balaban J connectivity index is 1.74. The summed E-state index contributed by atoms with van der Waals surface area (Å²) in [6.45, 7) is 6.36. The van der Waals surface area contributed by atoms with Gasteiger partial charge in [0.1, 0.15) is 24.3 Å². The molecule has 0 saturated carbocycles. The molecule has 1 aliphatic heterocycles. The fraction of sp³-hybridized carbons (Fsp3) is 0.259. The summed E-state index contributed by atoms with van der Waals surface area (Å²) in [5.74, 6) is 0.587. The zero-order valence-corrected chi connectivity index (χ0v) is 20.6. The quantitative estimate of drug-likeness (QED) is 0.437. The molecular weight excluding hydrogens is 452 g/mol. The summed E-state index contributed by atoms with van der Waals surface area (Å²) in [6, 6.07) is 11.4. The minimum absolute atomic E-state index is 0.315. The highest BCUT2D eigenvalue weighted by Crippen LogP contribution is 2.35. The average Bonchev–Trinajstić information content (AvgIpc) is 3.48. The highest BCUT2D eigenvalue weighted by molar-refractivity contribution is 6.14. The standard InChI is InChI=1S/C27H28N8O/c1-27(2,3)35-23-11-8-17(19-6-4-5-7-24(28)31-14-19)13-21(23)33-26(35)20-12-18(25(29)36)9-10-22(20)34-16-30-15-32-34/h6,8-16,28H,4-5,7H2,1-3H3,(H2,29,36)/b19-6+,28-24?,31-14?. The lowest BCUT2D eigenvalue weighted by Gasteiger charge is -2.25. The Hall–Kier alpha value is -4.40. The van der Waals surface area contributed by atoms with E-state index in [1.54, 1.807) is 29.4 Å². The van der Waals surface area contributed by atoms with Crippen LogP contribution in [-0.2, 0) is 5.54 Å². The van der Waals surface area contributed by atoms with Crippen LogP contribution < -0.4 is 5.73 Å². The summed E-state index contributed by atoms with van der Waals surface area (Å²) in [4.78, 5) is 25.5. The van der Waals surface area contributed by atoms with Gasteiger partial charge in [0.05, 0.1) is 16.7 Å². The minimum Gasteiger partial charge on any atom is -0.366 e. The zero-order valence-electron chi connectivity index (χ0n) is 20.6. The van der Waals surface area contributed by atoms with Crippen LogP contribution in [0.1, 0.15) is 56.0 Å². The number of nitrogens with one attached hydrogen (secondary N) is 1. The number of fused-ring (bicyclic) bond motifs is 1. The molecule has 0 fully saturated rings. The summed E-state index contributed by atoms with van der Waals surface area (Å²) in [5.41, 5.74) is 10.9. The first-order chi connectivity index (χ1) is 17.2. The molecule has 3 N–H and O–H groups in total. The van der Waals surface area contributed by atoms with Crippen LogP contribution in [0, 0.1) is 5.41 Å². The second-order valence-corrected chi connectivity index (χ2v) is 9.84. The number of hydrogen-bond donors (Lipinski definition) is 2. The van der Waals surface area contributed by atoms with Gasteiger partial charge in [-0.25, -0.2) is 19.6 Å². The number of aliphatic imine (C=N–C) groups is 1. The van der Waals surface area contributed by atoms with Crippen LogP contribution in [0.2, 0.25) is 0 Å². The lowest BCUT2D eigenvalue weighted by molar-refractivity contribution is 0.100. The summed E-state index contributed by atoms with van der Waals surface area (Å²) < 4.78 is 3.82. The van der Waals surface area contributed by atoms with E-state index >= 15 is 0 Å². The molecule has 4 aromatic rings. The van der Waals surface area contributed by atoms with Gasteiger partial charge in [0.25, 0.3) is 0 Å². The summed E-state index contributed by atoms with van der Waals surface area (Å²) in [5, 5.41) is 12.3. The number of rotatable bonds is 4. The fourth-order valence-electron chi connectivity index (χ4n) is 4.50. The highest BCUT2D eigenvalue weighted by atomic mass is 16.1. The van der Waals surface area contributed by atoms with E-state index in [2.05, 4.69) is 64.7 Å². The largest absolute Gasteiger partial charge is 0.366 e. The van der Waals surface area contributed by atoms with E-state index in [1.165, 1.54) is 6.33 Å². The van der Waals surface area contributed by atoms with Crippen LogP contribution in [0.4, 0.5) is 0 Å². The number of primary amides is 1. The Kier molecular flexibility index (Phi) is 5.83. The Bertz CT molecular complexity index is 1530. The number of aromatic nitrogens is 5. The van der Waals surface area contributed by atoms with E-state index in [-0.39, 0.29) is 5.54 Å². The number of benzene rings is 2. The van der Waals surface area contributed by atoms with Crippen LogP contribution in [0.25, 0.3) is 33.7 Å². The minimum atomic E-state index is -0.511. The van der Waals surface area contributed by atoms with Gasteiger partial charge in [0, 0.05) is 29.3 Å². The SMILES string of the molecule is CC(C)(C)n1c(-c2cc(C(N)=O)ccc2-n2cncn2)nc2cc(/C3=C/CCCC(=N)N=C3)ccc21. The third-order valence-electron chi connectivity index (χ3n) is 6.19. The number of allylic oxidation sites excluding steroid dienone is 2. The predicted molar refractivity (Wildman–Crippen MR) is 142 cm³/mol. The monoisotopic (exact) mass is 480 g/mol. The molecule has 0 radical (unpaired) electrons. The Morgan fingerprint density at radius 3 is 2.69 bits per heavy atom. The first-order valence-corrected chi connectivity index (χ1v) is 11.9. The van der Waals surface area contributed by atoms with Crippen molar-refractivity contribution in [2.24, 2.45) is 10.7 Å². The van der Waals surface area contributed by atoms with Gasteiger partial charge in [0.15, 0.2) is 0 Å². The van der Waals surface area contributed by atoms with E-state index in [1.807, 2.05) is 6.07 Å². The smallest absolute Gasteiger partial charge is 0.248 e. The number of nitrogens with two attached hydrogens (primary N) is 1. The topological polar surface area (TPSA) is 128 Å². The maximum Gasteiger partial charge on any atom is 0.248 e. The van der Waals surface area contributed by atoms with Crippen molar-refractivity contribution < 1.29 is 4.79 Å². The number of nitrogens with zero attached hydrogens (tertiary/aromatic N) is 6. The molecule has 9 heteroatoms. The number of hydrogen-bond acceptors (Lipinski definition) is 5. The van der Waals surface area contributed by atoms with Crippen molar-refractivity contribution in [3.63, 3.8) is 0 Å². The predicted octanol–water partition coefficient (Wildman–Crippen LogP) is 4.75. The normalized spacial score (nSPS) is 16.0. The van der Waals surface area contributed by atoms with Crippen LogP contribution in [-0.4, -0.2) is 42.3 Å². The van der Waals surface area contributed by atoms with Crippen LogP contribution in [0.3, 0.4) is 0 Å². The van der Waals surface area contributed by atoms with Crippen molar-refractivity contribution in [3.05, 3.63) is 66.3 Å². The first kappa shape index (κ1) is 23.3. The fourth-order valence-corrected chi connectivity index (χ4v) is 4.50. The average molecular weight is 481 g/mol. The van der Waals surface area contributed by atoms with Gasteiger partial charge < -0.3 is 10.3 Å². The van der Waals surface area contributed by atoms with Crippen molar-refractivity contribution in [1.82, 2.24) is 24.3 Å². The molecule has 0 spiro atoms. The molecule has 1 amide bonds. The highest BCUT2D eigenvalue weighted by Gasteiger charge is 2.25. The molecule has 2 aromatic carbocycles. The van der Waals surface area contributed by atoms with Crippen molar-refractivity contribution in [1.29, 1.82) is 5.41 Å². The molecule has 0 unspecified atom stereocenters. The zero-order chi connectivity index (χ0) is 25.4. The second-order valence-electron chi connectivity index (χ2n) is 9.84. The molecule has 182 valence electrons. The van der Waals surface area contributed by atoms with Crippen molar-refractivity contribution >= 4 is 34.6 Å². The van der Waals surface area contributed by atoms with E-state index in [0.717, 1.165) is 46.3 Å². The molecule has 36 heavy (non-hydrogen) atoms. The number of amides is 1. The second kappa shape index (κ2) is 8.99. The van der Waals surface area contributed by atoms with Gasteiger partial charge in [-0.05, 0) is 75.1 Å². The van der Waals surface area contributed by atoms with Crippen LogP contribution in [0.5, 0.6) is 0 Å². The Labute approximate surface area is 208 Å². The third-order valence-corrected chi connectivity index (χ3v) is 6.19.